The van der Waals surface area contributed by atoms with E-state index < -0.39 is 0 Å². The molecule has 27 heavy (non-hydrogen) atoms. The van der Waals surface area contributed by atoms with Crippen LogP contribution in [-0.2, 0) is 17.9 Å². The normalized spacial score (nSPS) is 13.7. The van der Waals surface area contributed by atoms with E-state index >= 15 is 0 Å². The van der Waals surface area contributed by atoms with Gasteiger partial charge in [-0.1, -0.05) is 24.3 Å². The molecule has 0 aliphatic carbocycles. The van der Waals surface area contributed by atoms with Crippen molar-refractivity contribution in [3.63, 3.8) is 0 Å². The number of anilines is 1. The molecule has 0 bridgehead atoms. The van der Waals surface area contributed by atoms with Crippen molar-refractivity contribution >= 4 is 17.5 Å². The summed E-state index contributed by atoms with van der Waals surface area (Å²) in [6, 6.07) is 15.8. The molecule has 1 aliphatic rings. The van der Waals surface area contributed by atoms with E-state index in [1.807, 2.05) is 50.3 Å². The highest BCUT2D eigenvalue weighted by atomic mass is 16.2. The summed E-state index contributed by atoms with van der Waals surface area (Å²) >= 11 is 0. The molecule has 5 nitrogen and oxygen atoms in total. The summed E-state index contributed by atoms with van der Waals surface area (Å²) in [6.45, 7) is 2.02. The van der Waals surface area contributed by atoms with Crippen molar-refractivity contribution < 1.29 is 9.59 Å². The fourth-order valence-corrected chi connectivity index (χ4v) is 3.31. The first-order valence-electron chi connectivity index (χ1n) is 9.32. The summed E-state index contributed by atoms with van der Waals surface area (Å²) in [4.78, 5) is 30.1. The first-order valence-corrected chi connectivity index (χ1v) is 9.32. The smallest absolute Gasteiger partial charge is 0.253 e. The molecule has 1 aliphatic heterocycles. The van der Waals surface area contributed by atoms with E-state index in [0.29, 0.717) is 25.1 Å². The van der Waals surface area contributed by atoms with Crippen molar-refractivity contribution in [2.45, 2.75) is 25.9 Å². The topological polar surface area (TPSA) is 43.9 Å². The van der Waals surface area contributed by atoms with Crippen LogP contribution in [-0.4, -0.2) is 49.3 Å². The first-order chi connectivity index (χ1) is 12.9. The third-order valence-electron chi connectivity index (χ3n) is 4.96. The number of amides is 2. The fourth-order valence-electron chi connectivity index (χ4n) is 3.31. The van der Waals surface area contributed by atoms with Crippen molar-refractivity contribution in [2.24, 2.45) is 0 Å². The highest BCUT2D eigenvalue weighted by molar-refractivity contribution is 5.94. The van der Waals surface area contributed by atoms with Gasteiger partial charge in [0.15, 0.2) is 0 Å². The minimum Gasteiger partial charge on any atom is -0.378 e. The monoisotopic (exact) mass is 365 g/mol. The first kappa shape index (κ1) is 19.0. The summed E-state index contributed by atoms with van der Waals surface area (Å²) in [7, 11) is 5.83. The highest BCUT2D eigenvalue weighted by Crippen LogP contribution is 2.17. The van der Waals surface area contributed by atoms with Crippen LogP contribution in [0.1, 0.15) is 34.3 Å². The molecular formula is C22H27N3O2. The number of benzene rings is 2. The maximum Gasteiger partial charge on any atom is 0.253 e. The van der Waals surface area contributed by atoms with Crippen molar-refractivity contribution in [1.82, 2.24) is 9.80 Å². The average molecular weight is 365 g/mol. The van der Waals surface area contributed by atoms with Crippen molar-refractivity contribution in [3.8, 4) is 0 Å². The molecule has 0 aromatic heterocycles. The molecule has 2 aromatic rings. The molecule has 2 aromatic carbocycles. The van der Waals surface area contributed by atoms with Crippen LogP contribution in [0, 0.1) is 0 Å². The zero-order valence-electron chi connectivity index (χ0n) is 16.3. The molecule has 0 atom stereocenters. The number of hydrogen-bond donors (Lipinski definition) is 0. The van der Waals surface area contributed by atoms with E-state index in [4.69, 9.17) is 0 Å². The van der Waals surface area contributed by atoms with E-state index in [-0.39, 0.29) is 11.8 Å². The minimum absolute atomic E-state index is 0.00418. The van der Waals surface area contributed by atoms with Crippen LogP contribution in [0.3, 0.4) is 0 Å². The Hall–Kier alpha value is -2.82. The Kier molecular flexibility index (Phi) is 5.79. The van der Waals surface area contributed by atoms with Gasteiger partial charge >= 0.3 is 0 Å². The second kappa shape index (κ2) is 8.25. The molecule has 3 rings (SSSR count). The van der Waals surface area contributed by atoms with Crippen LogP contribution < -0.4 is 4.90 Å². The molecule has 0 radical (unpaired) electrons. The molecule has 0 unspecified atom stereocenters. The molecule has 2 amide bonds. The second-order valence-electron chi connectivity index (χ2n) is 7.34. The summed E-state index contributed by atoms with van der Waals surface area (Å²) in [5.41, 5.74) is 3.96. The van der Waals surface area contributed by atoms with Gasteiger partial charge in [0.05, 0.1) is 0 Å². The molecule has 142 valence electrons. The van der Waals surface area contributed by atoms with Crippen LogP contribution in [0.5, 0.6) is 0 Å². The molecular weight excluding hydrogens is 338 g/mol. The van der Waals surface area contributed by atoms with Gasteiger partial charge in [-0.25, -0.2) is 0 Å². The van der Waals surface area contributed by atoms with Gasteiger partial charge in [-0.05, 0) is 41.8 Å². The van der Waals surface area contributed by atoms with Crippen molar-refractivity contribution in [2.75, 3.05) is 32.6 Å². The molecule has 0 spiro atoms. The minimum atomic E-state index is -0.00418. The van der Waals surface area contributed by atoms with Crippen LogP contribution in [0.2, 0.25) is 0 Å². The molecule has 1 heterocycles. The van der Waals surface area contributed by atoms with Gasteiger partial charge in [0.25, 0.3) is 5.91 Å². The summed E-state index contributed by atoms with van der Waals surface area (Å²) in [6.07, 6.45) is 1.59. The fraction of sp³-hybridized carbons (Fsp3) is 0.364. The zero-order chi connectivity index (χ0) is 19.4. The van der Waals surface area contributed by atoms with Crippen LogP contribution in [0.4, 0.5) is 5.69 Å². The van der Waals surface area contributed by atoms with Crippen molar-refractivity contribution in [1.29, 1.82) is 0 Å². The molecule has 5 heteroatoms. The number of hydrogen-bond acceptors (Lipinski definition) is 3. The Morgan fingerprint density at radius 3 is 2.15 bits per heavy atom. The summed E-state index contributed by atoms with van der Waals surface area (Å²) in [5.74, 6) is 0.214. The number of carbonyl (C=O) groups excluding carboxylic acids is 2. The standard InChI is InChI=1S/C22H27N3O2/c1-23(2)20-12-8-17(9-13-20)15-24(3)22(27)19-10-6-18(7-11-19)16-25-14-4-5-21(25)26/h6-13H,4-5,14-16H2,1-3H3. The van der Waals surface area contributed by atoms with Gasteiger partial charge in [-0.3, -0.25) is 9.59 Å². The van der Waals surface area contributed by atoms with E-state index in [2.05, 4.69) is 29.2 Å². The lowest BCUT2D eigenvalue weighted by atomic mass is 10.1. The quantitative estimate of drug-likeness (QED) is 0.790. The predicted molar refractivity (Wildman–Crippen MR) is 108 cm³/mol. The van der Waals surface area contributed by atoms with Gasteiger partial charge in [0.2, 0.25) is 5.91 Å². The van der Waals surface area contributed by atoms with E-state index in [1.165, 1.54) is 0 Å². The molecule has 0 N–H and O–H groups in total. The molecule has 1 saturated heterocycles. The second-order valence-corrected chi connectivity index (χ2v) is 7.34. The lowest BCUT2D eigenvalue weighted by Crippen LogP contribution is -2.26. The number of rotatable bonds is 6. The Balaban J connectivity index is 1.60. The van der Waals surface area contributed by atoms with Crippen LogP contribution >= 0.6 is 0 Å². The van der Waals surface area contributed by atoms with E-state index in [0.717, 1.165) is 29.8 Å². The van der Waals surface area contributed by atoms with E-state index in [1.54, 1.807) is 4.90 Å². The van der Waals surface area contributed by atoms with Crippen LogP contribution in [0.15, 0.2) is 48.5 Å². The third kappa shape index (κ3) is 4.67. The highest BCUT2D eigenvalue weighted by Gasteiger charge is 2.20. The van der Waals surface area contributed by atoms with Gasteiger partial charge < -0.3 is 14.7 Å². The number of nitrogens with zero attached hydrogens (tertiary/aromatic N) is 3. The van der Waals surface area contributed by atoms with E-state index in [9.17, 15) is 9.59 Å². The third-order valence-corrected chi connectivity index (χ3v) is 4.96. The van der Waals surface area contributed by atoms with Gasteiger partial charge in [0, 0.05) is 58.4 Å². The predicted octanol–water partition coefficient (Wildman–Crippen LogP) is 3.15. The largest absolute Gasteiger partial charge is 0.378 e. The number of carbonyl (C=O) groups is 2. The lowest BCUT2D eigenvalue weighted by Gasteiger charge is -2.19. The van der Waals surface area contributed by atoms with Gasteiger partial charge in [-0.15, -0.1) is 0 Å². The maximum absolute atomic E-state index is 12.7. The Morgan fingerprint density at radius 1 is 0.963 bits per heavy atom. The van der Waals surface area contributed by atoms with Crippen molar-refractivity contribution in [3.05, 3.63) is 65.2 Å². The van der Waals surface area contributed by atoms with Gasteiger partial charge in [-0.2, -0.15) is 0 Å². The molecule has 1 fully saturated rings. The average Bonchev–Trinajstić information content (AvgIpc) is 3.07. The molecule has 0 saturated carbocycles. The lowest BCUT2D eigenvalue weighted by molar-refractivity contribution is -0.128. The SMILES string of the molecule is CN(Cc1ccc(N(C)C)cc1)C(=O)c1ccc(CN2CCCC2=O)cc1. The Labute approximate surface area is 161 Å². The van der Waals surface area contributed by atoms with Crippen LogP contribution in [0.25, 0.3) is 0 Å². The number of likely N-dealkylation sites (tertiary alicyclic amines) is 1. The Bertz CT molecular complexity index is 797. The zero-order valence-corrected chi connectivity index (χ0v) is 16.3. The Morgan fingerprint density at radius 2 is 1.59 bits per heavy atom. The summed E-state index contributed by atoms with van der Waals surface area (Å²) in [5, 5.41) is 0. The van der Waals surface area contributed by atoms with Gasteiger partial charge in [0.1, 0.15) is 0 Å². The maximum atomic E-state index is 12.7. The summed E-state index contributed by atoms with van der Waals surface area (Å²) < 4.78 is 0.